The van der Waals surface area contributed by atoms with Gasteiger partial charge in [-0.3, -0.25) is 14.6 Å². The molecular weight excluding hydrogens is 351 g/mol. The topological polar surface area (TPSA) is 78.4 Å². The Morgan fingerprint density at radius 2 is 1.72 bits per heavy atom. The molecule has 98 valence electrons. The van der Waals surface area contributed by atoms with Gasteiger partial charge in [0.1, 0.15) is 3.70 Å². The quantitative estimate of drug-likeness (QED) is 0.445. The van der Waals surface area contributed by atoms with Gasteiger partial charge in [-0.15, -0.1) is 0 Å². The third-order valence-electron chi connectivity index (χ3n) is 1.98. The molecule has 0 spiro atoms. The maximum atomic E-state index is 11.8. The van der Waals surface area contributed by atoms with Crippen molar-refractivity contribution >= 4 is 34.5 Å². The van der Waals surface area contributed by atoms with Gasteiger partial charge in [0.05, 0.1) is 31.3 Å². The summed E-state index contributed by atoms with van der Waals surface area (Å²) < 4.78 is 10.4. The summed E-state index contributed by atoms with van der Waals surface area (Å²) in [6.45, 7) is 3.71. The van der Waals surface area contributed by atoms with Gasteiger partial charge in [-0.25, -0.2) is 4.98 Å². The fraction of sp³-hybridized carbons (Fsp3) is 0.455. The maximum Gasteiger partial charge on any atom is 0.326 e. The number of nitrogens with zero attached hydrogens (tertiary/aromatic N) is 2. The smallest absolute Gasteiger partial charge is 0.326 e. The van der Waals surface area contributed by atoms with Gasteiger partial charge < -0.3 is 9.47 Å². The lowest BCUT2D eigenvalue weighted by atomic mass is 10.1. The van der Waals surface area contributed by atoms with Gasteiger partial charge in [0.2, 0.25) is 0 Å². The molecule has 1 aromatic heterocycles. The lowest BCUT2D eigenvalue weighted by Gasteiger charge is -2.13. The minimum atomic E-state index is -1.17. The Kier molecular flexibility index (Phi) is 5.96. The van der Waals surface area contributed by atoms with E-state index in [1.165, 1.54) is 12.4 Å². The fourth-order valence-corrected chi connectivity index (χ4v) is 1.54. The molecule has 1 rings (SSSR count). The number of halogens is 1. The van der Waals surface area contributed by atoms with E-state index in [-0.39, 0.29) is 18.9 Å². The van der Waals surface area contributed by atoms with E-state index in [1.54, 1.807) is 13.8 Å². The van der Waals surface area contributed by atoms with Crippen molar-refractivity contribution < 1.29 is 19.1 Å². The van der Waals surface area contributed by atoms with Crippen LogP contribution in [-0.2, 0) is 19.1 Å². The lowest BCUT2D eigenvalue weighted by molar-refractivity contribution is -0.157. The Morgan fingerprint density at radius 3 is 2.11 bits per heavy atom. The first-order valence-corrected chi connectivity index (χ1v) is 6.48. The number of carbonyl (C=O) groups is 2. The molecule has 0 bridgehead atoms. The van der Waals surface area contributed by atoms with Crippen molar-refractivity contribution in [3.05, 3.63) is 21.8 Å². The van der Waals surface area contributed by atoms with E-state index in [4.69, 9.17) is 9.47 Å². The van der Waals surface area contributed by atoms with Crippen molar-refractivity contribution in [1.29, 1.82) is 0 Å². The number of aromatic nitrogens is 2. The molecule has 0 atom stereocenters. The van der Waals surface area contributed by atoms with Gasteiger partial charge in [-0.1, -0.05) is 0 Å². The van der Waals surface area contributed by atoms with Crippen LogP contribution in [0.1, 0.15) is 25.5 Å². The number of hydrogen-bond donors (Lipinski definition) is 0. The van der Waals surface area contributed by atoms with Gasteiger partial charge >= 0.3 is 11.9 Å². The third kappa shape index (κ3) is 3.90. The summed E-state index contributed by atoms with van der Waals surface area (Å²) in [5, 5.41) is 0. The largest absolute Gasteiger partial charge is 0.465 e. The van der Waals surface area contributed by atoms with Crippen molar-refractivity contribution in [2.75, 3.05) is 13.2 Å². The van der Waals surface area contributed by atoms with E-state index in [0.717, 1.165) is 0 Å². The molecule has 6 nitrogen and oxygen atoms in total. The minimum absolute atomic E-state index is 0.187. The number of ether oxygens (including phenoxy) is 2. The summed E-state index contributed by atoms with van der Waals surface area (Å²) in [6, 6.07) is 0. The Labute approximate surface area is 118 Å². The molecule has 0 aliphatic carbocycles. The zero-order chi connectivity index (χ0) is 13.5. The zero-order valence-electron chi connectivity index (χ0n) is 10.1. The summed E-state index contributed by atoms with van der Waals surface area (Å²) in [5.41, 5.74) is 0.229. The molecule has 0 saturated carbocycles. The van der Waals surface area contributed by atoms with Crippen molar-refractivity contribution in [3.63, 3.8) is 0 Å². The Hall–Kier alpha value is -1.25. The van der Waals surface area contributed by atoms with Gasteiger partial charge in [-0.2, -0.15) is 0 Å². The van der Waals surface area contributed by atoms with Crippen LogP contribution >= 0.6 is 22.6 Å². The molecule has 0 aromatic carbocycles. The van der Waals surface area contributed by atoms with Gasteiger partial charge in [0.25, 0.3) is 0 Å². The standard InChI is InChI=1S/C11H13IN2O4/c1-3-17-10(15)9(11(16)18-4-2)7-5-14-8(12)6-13-7/h5-6,9H,3-4H2,1-2H3. The van der Waals surface area contributed by atoms with Crippen LogP contribution in [0.2, 0.25) is 0 Å². The first-order chi connectivity index (χ1) is 8.60. The monoisotopic (exact) mass is 364 g/mol. The SMILES string of the molecule is CCOC(=O)C(C(=O)OCC)c1cnc(I)cn1. The second kappa shape index (κ2) is 7.24. The first-order valence-electron chi connectivity index (χ1n) is 5.40. The Morgan fingerprint density at radius 1 is 1.17 bits per heavy atom. The highest BCUT2D eigenvalue weighted by Gasteiger charge is 2.33. The molecule has 0 aliphatic heterocycles. The van der Waals surface area contributed by atoms with Crippen LogP contribution in [0.25, 0.3) is 0 Å². The van der Waals surface area contributed by atoms with Crippen LogP contribution in [0.15, 0.2) is 12.4 Å². The molecule has 0 amide bonds. The van der Waals surface area contributed by atoms with Gasteiger partial charge in [0, 0.05) is 0 Å². The molecule has 0 unspecified atom stereocenters. The number of rotatable bonds is 5. The summed E-state index contributed by atoms with van der Waals surface area (Å²) in [6.07, 6.45) is 2.85. The molecule has 7 heteroatoms. The summed E-state index contributed by atoms with van der Waals surface area (Å²) >= 11 is 1.98. The number of esters is 2. The lowest BCUT2D eigenvalue weighted by Crippen LogP contribution is -2.27. The third-order valence-corrected chi connectivity index (χ3v) is 2.54. The zero-order valence-corrected chi connectivity index (χ0v) is 12.2. The average Bonchev–Trinajstić information content (AvgIpc) is 2.33. The van der Waals surface area contributed by atoms with Crippen molar-refractivity contribution in [2.24, 2.45) is 0 Å². The fourth-order valence-electron chi connectivity index (χ4n) is 1.26. The average molecular weight is 364 g/mol. The highest BCUT2D eigenvalue weighted by atomic mass is 127. The van der Waals surface area contributed by atoms with Crippen LogP contribution in [0, 0.1) is 3.70 Å². The molecule has 1 aromatic rings. The van der Waals surface area contributed by atoms with E-state index in [9.17, 15) is 9.59 Å². The highest BCUT2D eigenvalue weighted by Crippen LogP contribution is 2.17. The second-order valence-electron chi connectivity index (χ2n) is 3.20. The van der Waals surface area contributed by atoms with Crippen molar-refractivity contribution in [1.82, 2.24) is 9.97 Å². The van der Waals surface area contributed by atoms with Crippen LogP contribution in [0.5, 0.6) is 0 Å². The molecule has 0 aliphatic rings. The summed E-state index contributed by atoms with van der Waals surface area (Å²) in [5.74, 6) is -2.52. The first kappa shape index (κ1) is 14.8. The maximum absolute atomic E-state index is 11.8. The molecular formula is C11H13IN2O4. The Balaban J connectivity index is 2.99. The highest BCUT2D eigenvalue weighted by molar-refractivity contribution is 14.1. The van der Waals surface area contributed by atoms with E-state index in [1.807, 2.05) is 22.6 Å². The van der Waals surface area contributed by atoms with Crippen molar-refractivity contribution in [3.8, 4) is 0 Å². The van der Waals surface area contributed by atoms with E-state index >= 15 is 0 Å². The molecule has 0 fully saturated rings. The molecule has 1 heterocycles. The molecule has 0 radical (unpaired) electrons. The van der Waals surface area contributed by atoms with Crippen LogP contribution < -0.4 is 0 Å². The van der Waals surface area contributed by atoms with Gasteiger partial charge in [-0.05, 0) is 36.4 Å². The number of hydrogen-bond acceptors (Lipinski definition) is 6. The van der Waals surface area contributed by atoms with Gasteiger partial charge in [0.15, 0.2) is 5.92 Å². The molecule has 18 heavy (non-hydrogen) atoms. The Bertz CT molecular complexity index is 404. The van der Waals surface area contributed by atoms with E-state index in [0.29, 0.717) is 3.70 Å². The minimum Gasteiger partial charge on any atom is -0.465 e. The van der Waals surface area contributed by atoms with E-state index < -0.39 is 17.9 Å². The number of carbonyl (C=O) groups excluding carboxylic acids is 2. The summed E-state index contributed by atoms with van der Waals surface area (Å²) in [4.78, 5) is 31.5. The normalized spacial score (nSPS) is 10.2. The van der Waals surface area contributed by atoms with Crippen molar-refractivity contribution in [2.45, 2.75) is 19.8 Å². The predicted molar refractivity (Wildman–Crippen MR) is 70.8 cm³/mol. The van der Waals surface area contributed by atoms with Crippen LogP contribution in [0.4, 0.5) is 0 Å². The van der Waals surface area contributed by atoms with Crippen LogP contribution in [0.3, 0.4) is 0 Å². The van der Waals surface area contributed by atoms with E-state index in [2.05, 4.69) is 9.97 Å². The van der Waals surface area contributed by atoms with Crippen LogP contribution in [-0.4, -0.2) is 35.1 Å². The molecule has 0 saturated heterocycles. The summed E-state index contributed by atoms with van der Waals surface area (Å²) in [7, 11) is 0. The molecule has 0 N–H and O–H groups in total. The predicted octanol–water partition coefficient (Wildman–Crippen LogP) is 1.29. The second-order valence-corrected chi connectivity index (χ2v) is 4.31.